The van der Waals surface area contributed by atoms with Crippen molar-refractivity contribution in [3.8, 4) is 0 Å². The number of aliphatic carboxylic acids is 1. The molecule has 7 heteroatoms. The largest absolute Gasteiger partial charge is 0.481 e. The molecule has 0 saturated carbocycles. The summed E-state index contributed by atoms with van der Waals surface area (Å²) in [5.41, 5.74) is 3.11. The molecule has 0 spiro atoms. The Labute approximate surface area is 143 Å². The van der Waals surface area contributed by atoms with Gasteiger partial charge in [0.2, 0.25) is 0 Å². The number of nitrogens with one attached hydrogen (secondary N) is 1. The average Bonchev–Trinajstić information content (AvgIpc) is 3.30. The number of rotatable bonds is 3. The lowest BCUT2D eigenvalue weighted by Gasteiger charge is -2.16. The van der Waals surface area contributed by atoms with E-state index in [1.54, 1.807) is 17.0 Å². The summed E-state index contributed by atoms with van der Waals surface area (Å²) in [5, 5.41) is 16.6. The number of likely N-dealkylation sites (tertiary alicyclic amines) is 1. The zero-order valence-electron chi connectivity index (χ0n) is 13.5. The number of H-pyrrole nitrogens is 1. The highest BCUT2D eigenvalue weighted by Crippen LogP contribution is 2.34. The highest BCUT2D eigenvalue weighted by atomic mass is 19.1. The number of fused-ring (bicyclic) bond motifs is 1. The fourth-order valence-electron chi connectivity index (χ4n) is 3.91. The van der Waals surface area contributed by atoms with E-state index >= 15 is 0 Å². The Kier molecular flexibility index (Phi) is 3.78. The Morgan fingerprint density at radius 2 is 1.96 bits per heavy atom. The molecule has 6 nitrogen and oxygen atoms in total. The lowest BCUT2D eigenvalue weighted by atomic mass is 9.89. The zero-order valence-corrected chi connectivity index (χ0v) is 13.5. The standard InChI is InChI=1S/C18H18FN3O3/c19-11-6-4-10(5-7-11)13-8-22(9-14(13)18(24)25)17(23)16-12-2-1-3-15(12)20-21-16/h4-7,13-14H,1-3,8-9H2,(H,20,21)(H,24,25)/t13-,14+/m1/s1. The van der Waals surface area contributed by atoms with Crippen molar-refractivity contribution in [1.82, 2.24) is 15.1 Å². The molecule has 2 heterocycles. The van der Waals surface area contributed by atoms with Gasteiger partial charge in [-0.1, -0.05) is 12.1 Å². The van der Waals surface area contributed by atoms with Crippen LogP contribution in [0, 0.1) is 11.7 Å². The first-order chi connectivity index (χ1) is 12.0. The van der Waals surface area contributed by atoms with Crippen molar-refractivity contribution in [2.45, 2.75) is 25.2 Å². The van der Waals surface area contributed by atoms with Gasteiger partial charge in [-0.2, -0.15) is 5.10 Å². The molecule has 1 aliphatic heterocycles. The van der Waals surface area contributed by atoms with Gasteiger partial charge in [-0.15, -0.1) is 0 Å². The van der Waals surface area contributed by atoms with Gasteiger partial charge < -0.3 is 10.0 Å². The number of aryl methyl sites for hydroxylation is 1. The van der Waals surface area contributed by atoms with Crippen molar-refractivity contribution in [2.24, 2.45) is 5.92 Å². The number of aromatic amines is 1. The molecule has 1 aromatic heterocycles. The Morgan fingerprint density at radius 1 is 1.20 bits per heavy atom. The van der Waals surface area contributed by atoms with E-state index in [1.807, 2.05) is 0 Å². The van der Waals surface area contributed by atoms with Crippen LogP contribution in [0.1, 0.15) is 39.6 Å². The van der Waals surface area contributed by atoms with E-state index in [1.165, 1.54) is 12.1 Å². The number of nitrogens with zero attached hydrogens (tertiary/aromatic N) is 2. The number of carbonyl (C=O) groups is 2. The minimum Gasteiger partial charge on any atom is -0.481 e. The van der Waals surface area contributed by atoms with Crippen LogP contribution >= 0.6 is 0 Å². The summed E-state index contributed by atoms with van der Waals surface area (Å²) < 4.78 is 13.2. The van der Waals surface area contributed by atoms with Gasteiger partial charge in [0.15, 0.2) is 5.69 Å². The van der Waals surface area contributed by atoms with Gasteiger partial charge in [0.1, 0.15) is 5.82 Å². The number of hydrogen-bond acceptors (Lipinski definition) is 3. The summed E-state index contributed by atoms with van der Waals surface area (Å²) in [6, 6.07) is 5.82. The predicted octanol–water partition coefficient (Wildman–Crippen LogP) is 1.98. The molecular weight excluding hydrogens is 325 g/mol. The van der Waals surface area contributed by atoms with Crippen molar-refractivity contribution in [1.29, 1.82) is 0 Å². The van der Waals surface area contributed by atoms with Gasteiger partial charge in [-0.3, -0.25) is 14.7 Å². The average molecular weight is 343 g/mol. The third-order valence-corrected chi connectivity index (χ3v) is 5.23. The number of aromatic nitrogens is 2. The van der Waals surface area contributed by atoms with E-state index < -0.39 is 11.9 Å². The summed E-state index contributed by atoms with van der Waals surface area (Å²) in [4.78, 5) is 26.1. The fraction of sp³-hybridized carbons (Fsp3) is 0.389. The third kappa shape index (κ3) is 2.69. The Bertz CT molecular complexity index is 831. The third-order valence-electron chi connectivity index (χ3n) is 5.23. The van der Waals surface area contributed by atoms with Gasteiger partial charge >= 0.3 is 5.97 Å². The van der Waals surface area contributed by atoms with Crippen LogP contribution in [0.4, 0.5) is 4.39 Å². The molecule has 0 unspecified atom stereocenters. The smallest absolute Gasteiger partial charge is 0.308 e. The van der Waals surface area contributed by atoms with Crippen molar-refractivity contribution >= 4 is 11.9 Å². The van der Waals surface area contributed by atoms with Gasteiger partial charge in [0, 0.05) is 30.3 Å². The maximum Gasteiger partial charge on any atom is 0.308 e. The maximum absolute atomic E-state index is 13.2. The number of hydrogen-bond donors (Lipinski definition) is 2. The molecule has 2 aromatic rings. The van der Waals surface area contributed by atoms with Gasteiger partial charge in [-0.25, -0.2) is 4.39 Å². The predicted molar refractivity (Wildman–Crippen MR) is 86.8 cm³/mol. The molecule has 0 radical (unpaired) electrons. The molecule has 2 N–H and O–H groups in total. The number of carboxylic acid groups (broad SMARTS) is 1. The summed E-state index contributed by atoms with van der Waals surface area (Å²) in [7, 11) is 0. The SMILES string of the molecule is O=C(O)[C@H]1CN(C(=O)c2n[nH]c3c2CCC3)C[C@@H]1c1ccc(F)cc1. The Morgan fingerprint density at radius 3 is 2.68 bits per heavy atom. The number of benzene rings is 1. The second-order valence-corrected chi connectivity index (χ2v) is 6.70. The molecule has 1 saturated heterocycles. The lowest BCUT2D eigenvalue weighted by Crippen LogP contribution is -2.30. The van der Waals surface area contributed by atoms with Crippen molar-refractivity contribution < 1.29 is 19.1 Å². The number of halogens is 1. The van der Waals surface area contributed by atoms with Crippen LogP contribution < -0.4 is 0 Å². The van der Waals surface area contributed by atoms with Crippen LogP contribution in [-0.2, 0) is 17.6 Å². The van der Waals surface area contributed by atoms with Gasteiger partial charge in [-0.05, 0) is 37.0 Å². The first kappa shape index (κ1) is 15.8. The van der Waals surface area contributed by atoms with Crippen LogP contribution in [0.3, 0.4) is 0 Å². The highest BCUT2D eigenvalue weighted by Gasteiger charge is 2.41. The molecule has 0 bridgehead atoms. The number of carbonyl (C=O) groups excluding carboxylic acids is 1. The lowest BCUT2D eigenvalue weighted by molar-refractivity contribution is -0.141. The molecule has 2 aliphatic rings. The first-order valence-electron chi connectivity index (χ1n) is 8.38. The fourth-order valence-corrected chi connectivity index (χ4v) is 3.91. The molecule has 4 rings (SSSR count). The Hall–Kier alpha value is -2.70. The number of carboxylic acids is 1. The molecule has 2 atom stereocenters. The molecule has 1 amide bonds. The quantitative estimate of drug-likeness (QED) is 0.892. The normalized spacial score (nSPS) is 22.2. The van der Waals surface area contributed by atoms with E-state index in [2.05, 4.69) is 10.2 Å². The maximum atomic E-state index is 13.2. The minimum absolute atomic E-state index is 0.137. The van der Waals surface area contributed by atoms with Crippen molar-refractivity contribution in [2.75, 3.05) is 13.1 Å². The monoisotopic (exact) mass is 343 g/mol. The molecule has 25 heavy (non-hydrogen) atoms. The topological polar surface area (TPSA) is 86.3 Å². The van der Waals surface area contributed by atoms with E-state index in [-0.39, 0.29) is 24.2 Å². The Balaban J connectivity index is 1.60. The molecule has 1 fully saturated rings. The van der Waals surface area contributed by atoms with Crippen LogP contribution in [-0.4, -0.2) is 45.2 Å². The molecule has 1 aromatic carbocycles. The molecule has 130 valence electrons. The van der Waals surface area contributed by atoms with E-state index in [0.29, 0.717) is 12.2 Å². The van der Waals surface area contributed by atoms with Crippen LogP contribution in [0.15, 0.2) is 24.3 Å². The highest BCUT2D eigenvalue weighted by molar-refractivity contribution is 5.95. The summed E-state index contributed by atoms with van der Waals surface area (Å²) >= 11 is 0. The van der Waals surface area contributed by atoms with Crippen molar-refractivity contribution in [3.63, 3.8) is 0 Å². The first-order valence-corrected chi connectivity index (χ1v) is 8.38. The summed E-state index contributed by atoms with van der Waals surface area (Å²) in [6.45, 7) is 0.431. The zero-order chi connectivity index (χ0) is 17.6. The van der Waals surface area contributed by atoms with E-state index in [0.717, 1.165) is 36.1 Å². The van der Waals surface area contributed by atoms with Crippen LogP contribution in [0.25, 0.3) is 0 Å². The van der Waals surface area contributed by atoms with Crippen molar-refractivity contribution in [3.05, 3.63) is 52.6 Å². The molecule has 1 aliphatic carbocycles. The summed E-state index contributed by atoms with van der Waals surface area (Å²) in [5.74, 6) is -2.60. The molecular formula is C18H18FN3O3. The van der Waals surface area contributed by atoms with Crippen LogP contribution in [0.5, 0.6) is 0 Å². The number of amides is 1. The second-order valence-electron chi connectivity index (χ2n) is 6.70. The van der Waals surface area contributed by atoms with Gasteiger partial charge in [0.05, 0.1) is 5.92 Å². The van der Waals surface area contributed by atoms with E-state index in [9.17, 15) is 19.1 Å². The second kappa shape index (κ2) is 5.98. The summed E-state index contributed by atoms with van der Waals surface area (Å²) in [6.07, 6.45) is 2.72. The minimum atomic E-state index is -0.947. The van der Waals surface area contributed by atoms with E-state index in [4.69, 9.17) is 0 Å². The van der Waals surface area contributed by atoms with Crippen LogP contribution in [0.2, 0.25) is 0 Å². The van der Waals surface area contributed by atoms with Gasteiger partial charge in [0.25, 0.3) is 5.91 Å².